The highest BCUT2D eigenvalue weighted by Crippen LogP contribution is 2.27. The van der Waals surface area contributed by atoms with Crippen molar-refractivity contribution in [3.05, 3.63) is 52.5 Å². The second-order valence-electron chi connectivity index (χ2n) is 4.42. The summed E-state index contributed by atoms with van der Waals surface area (Å²) in [5, 5.41) is 0.641. The molecule has 0 unspecified atom stereocenters. The van der Waals surface area contributed by atoms with Gasteiger partial charge >= 0.3 is 0 Å². The summed E-state index contributed by atoms with van der Waals surface area (Å²) in [6.45, 7) is 0.722. The van der Waals surface area contributed by atoms with Crippen LogP contribution in [0.25, 0.3) is 0 Å². The molecule has 2 rings (SSSR count). The van der Waals surface area contributed by atoms with E-state index in [1.807, 2.05) is 24.3 Å². The Kier molecular flexibility index (Phi) is 5.31. The van der Waals surface area contributed by atoms with Crippen molar-refractivity contribution in [3.63, 3.8) is 0 Å². The Morgan fingerprint density at radius 1 is 0.952 bits per heavy atom. The molecule has 2 N–H and O–H groups in total. The molecule has 112 valence electrons. The zero-order valence-electron chi connectivity index (χ0n) is 12.1. The normalized spacial score (nSPS) is 10.3. The van der Waals surface area contributed by atoms with Crippen molar-refractivity contribution < 1.29 is 14.2 Å². The Balaban J connectivity index is 2.19. The molecule has 0 fully saturated rings. The maximum Gasteiger partial charge on any atom is 0.125 e. The van der Waals surface area contributed by atoms with Crippen molar-refractivity contribution in [2.24, 2.45) is 5.73 Å². The largest absolute Gasteiger partial charge is 0.497 e. The molecule has 0 amide bonds. The van der Waals surface area contributed by atoms with E-state index in [0.29, 0.717) is 23.9 Å². The van der Waals surface area contributed by atoms with E-state index in [1.165, 1.54) is 0 Å². The van der Waals surface area contributed by atoms with E-state index in [-0.39, 0.29) is 0 Å². The molecule has 0 heterocycles. The molecule has 4 nitrogen and oxygen atoms in total. The van der Waals surface area contributed by atoms with Gasteiger partial charge in [0.05, 0.1) is 14.2 Å². The van der Waals surface area contributed by atoms with E-state index in [4.69, 9.17) is 31.5 Å². The second kappa shape index (κ2) is 7.20. The van der Waals surface area contributed by atoms with Crippen LogP contribution in [0.5, 0.6) is 17.2 Å². The number of nitrogens with two attached hydrogens (primary N) is 1. The van der Waals surface area contributed by atoms with Crippen molar-refractivity contribution in [2.45, 2.75) is 13.2 Å². The number of hydrogen-bond donors (Lipinski definition) is 1. The Hall–Kier alpha value is -1.91. The highest BCUT2D eigenvalue weighted by Gasteiger charge is 2.08. The van der Waals surface area contributed by atoms with Gasteiger partial charge in [-0.05, 0) is 36.4 Å². The molecule has 2 aromatic carbocycles. The van der Waals surface area contributed by atoms with Gasteiger partial charge in [0.1, 0.15) is 23.9 Å². The van der Waals surface area contributed by atoms with Crippen molar-refractivity contribution in [1.29, 1.82) is 0 Å². The second-order valence-corrected chi connectivity index (χ2v) is 4.86. The quantitative estimate of drug-likeness (QED) is 0.888. The van der Waals surface area contributed by atoms with Crippen LogP contribution in [0, 0.1) is 0 Å². The molecule has 0 aliphatic carbocycles. The van der Waals surface area contributed by atoms with Crippen LogP contribution in [0.3, 0.4) is 0 Å². The summed E-state index contributed by atoms with van der Waals surface area (Å²) < 4.78 is 16.4. The van der Waals surface area contributed by atoms with Gasteiger partial charge < -0.3 is 19.9 Å². The summed E-state index contributed by atoms with van der Waals surface area (Å²) >= 11 is 5.95. The predicted octanol–water partition coefficient (Wildman–Crippen LogP) is 3.39. The average molecular weight is 308 g/mol. The van der Waals surface area contributed by atoms with Gasteiger partial charge in [0.15, 0.2) is 0 Å². The molecule has 0 aliphatic heterocycles. The van der Waals surface area contributed by atoms with Crippen LogP contribution < -0.4 is 19.9 Å². The molecule has 21 heavy (non-hydrogen) atoms. The Morgan fingerprint density at radius 2 is 1.71 bits per heavy atom. The molecular formula is C16H18ClNO3. The Morgan fingerprint density at radius 3 is 2.38 bits per heavy atom. The first-order valence-electron chi connectivity index (χ1n) is 6.50. The molecule has 5 heteroatoms. The fourth-order valence-corrected chi connectivity index (χ4v) is 2.19. The van der Waals surface area contributed by atoms with Gasteiger partial charge in [-0.3, -0.25) is 0 Å². The summed E-state index contributed by atoms with van der Waals surface area (Å²) in [4.78, 5) is 0. The fourth-order valence-electron chi connectivity index (χ4n) is 2.00. The molecule has 0 aromatic heterocycles. The number of hydrogen-bond acceptors (Lipinski definition) is 4. The van der Waals surface area contributed by atoms with Crippen LogP contribution in [-0.4, -0.2) is 14.2 Å². The molecule has 0 atom stereocenters. The van der Waals surface area contributed by atoms with Crippen molar-refractivity contribution >= 4 is 11.6 Å². The highest BCUT2D eigenvalue weighted by atomic mass is 35.5. The van der Waals surface area contributed by atoms with Crippen LogP contribution in [0.4, 0.5) is 0 Å². The smallest absolute Gasteiger partial charge is 0.125 e. The number of halogens is 1. The number of benzene rings is 2. The van der Waals surface area contributed by atoms with Crippen LogP contribution in [0.15, 0.2) is 36.4 Å². The first kappa shape index (κ1) is 15.5. The van der Waals surface area contributed by atoms with Gasteiger partial charge in [0.2, 0.25) is 0 Å². The molecule has 2 aromatic rings. The van der Waals surface area contributed by atoms with E-state index < -0.39 is 0 Å². The lowest BCUT2D eigenvalue weighted by Crippen LogP contribution is -2.04. The molecule has 0 radical (unpaired) electrons. The minimum atomic E-state index is 0.356. The lowest BCUT2D eigenvalue weighted by Gasteiger charge is -2.14. The predicted molar refractivity (Wildman–Crippen MR) is 83.2 cm³/mol. The van der Waals surface area contributed by atoms with Gasteiger partial charge in [-0.2, -0.15) is 0 Å². The maximum absolute atomic E-state index is 5.95. The monoisotopic (exact) mass is 307 g/mol. The standard InChI is InChI=1S/C16H18ClNO3/c1-19-14-4-6-15(20-2)12(8-14)10-21-16-5-3-13(17)7-11(16)9-18/h3-8H,9-10,18H2,1-2H3. The zero-order chi connectivity index (χ0) is 15.2. The molecule has 0 aliphatic rings. The maximum atomic E-state index is 5.95. The minimum absolute atomic E-state index is 0.356. The van der Waals surface area contributed by atoms with Gasteiger partial charge in [-0.15, -0.1) is 0 Å². The van der Waals surface area contributed by atoms with E-state index >= 15 is 0 Å². The molecule has 0 bridgehead atoms. The summed E-state index contributed by atoms with van der Waals surface area (Å²) in [7, 11) is 3.25. The van der Waals surface area contributed by atoms with E-state index in [2.05, 4.69) is 0 Å². The zero-order valence-corrected chi connectivity index (χ0v) is 12.8. The lowest BCUT2D eigenvalue weighted by atomic mass is 10.2. The number of rotatable bonds is 6. The van der Waals surface area contributed by atoms with E-state index in [1.54, 1.807) is 26.4 Å². The van der Waals surface area contributed by atoms with Crippen LogP contribution in [0.2, 0.25) is 5.02 Å². The first-order chi connectivity index (χ1) is 10.2. The SMILES string of the molecule is COc1ccc(OC)c(COc2ccc(Cl)cc2CN)c1. The average Bonchev–Trinajstić information content (AvgIpc) is 2.53. The van der Waals surface area contributed by atoms with Crippen LogP contribution in [-0.2, 0) is 13.2 Å². The van der Waals surface area contributed by atoms with Gasteiger partial charge in [0.25, 0.3) is 0 Å². The number of ether oxygens (including phenoxy) is 3. The van der Waals surface area contributed by atoms with E-state index in [9.17, 15) is 0 Å². The fraction of sp³-hybridized carbons (Fsp3) is 0.250. The third-order valence-corrected chi connectivity index (χ3v) is 3.35. The van der Waals surface area contributed by atoms with Gasteiger partial charge in [-0.25, -0.2) is 0 Å². The Bertz CT molecular complexity index is 616. The van der Waals surface area contributed by atoms with Crippen molar-refractivity contribution in [1.82, 2.24) is 0 Å². The van der Waals surface area contributed by atoms with Crippen LogP contribution >= 0.6 is 11.6 Å². The van der Waals surface area contributed by atoms with Gasteiger partial charge in [-0.1, -0.05) is 11.6 Å². The minimum Gasteiger partial charge on any atom is -0.497 e. The molecule has 0 spiro atoms. The summed E-state index contributed by atoms with van der Waals surface area (Å²) in [5.41, 5.74) is 7.47. The first-order valence-corrected chi connectivity index (χ1v) is 6.88. The van der Waals surface area contributed by atoms with Crippen molar-refractivity contribution in [2.75, 3.05) is 14.2 Å². The van der Waals surface area contributed by atoms with E-state index in [0.717, 1.165) is 22.6 Å². The summed E-state index contributed by atoms with van der Waals surface area (Å²) in [6.07, 6.45) is 0. The summed E-state index contributed by atoms with van der Waals surface area (Å²) in [5.74, 6) is 2.22. The lowest BCUT2D eigenvalue weighted by molar-refractivity contribution is 0.292. The Labute approximate surface area is 129 Å². The highest BCUT2D eigenvalue weighted by molar-refractivity contribution is 6.30. The van der Waals surface area contributed by atoms with Crippen LogP contribution in [0.1, 0.15) is 11.1 Å². The molecule has 0 saturated heterocycles. The topological polar surface area (TPSA) is 53.7 Å². The van der Waals surface area contributed by atoms with Gasteiger partial charge in [0, 0.05) is 22.7 Å². The number of methoxy groups -OCH3 is 2. The third kappa shape index (κ3) is 3.80. The molecule has 0 saturated carbocycles. The molecular weight excluding hydrogens is 290 g/mol. The summed E-state index contributed by atoms with van der Waals surface area (Å²) in [6, 6.07) is 11.0. The van der Waals surface area contributed by atoms with Crippen molar-refractivity contribution in [3.8, 4) is 17.2 Å². The third-order valence-electron chi connectivity index (χ3n) is 3.11.